The van der Waals surface area contributed by atoms with Gasteiger partial charge in [-0.15, -0.1) is 0 Å². The number of hydrogen-bond acceptors (Lipinski definition) is 2. The molecule has 0 unspecified atom stereocenters. The third-order valence-corrected chi connectivity index (χ3v) is 3.01. The highest BCUT2D eigenvalue weighted by molar-refractivity contribution is 6.37. The third kappa shape index (κ3) is 2.97. The zero-order valence-electron chi connectivity index (χ0n) is 9.45. The van der Waals surface area contributed by atoms with E-state index in [0.29, 0.717) is 0 Å². The molecule has 0 fully saturated rings. The zero-order valence-corrected chi connectivity index (χ0v) is 11.0. The summed E-state index contributed by atoms with van der Waals surface area (Å²) in [5.74, 6) is -1.48. The van der Waals surface area contributed by atoms with Gasteiger partial charge in [-0.2, -0.15) is 0 Å². The number of hydrogen-bond donors (Lipinski definition) is 2. The van der Waals surface area contributed by atoms with E-state index in [0.717, 1.165) is 12.1 Å². The first kappa shape index (κ1) is 13.6. The number of para-hydroxylation sites is 2. The largest absolute Gasteiger partial charge is 0.506 e. The highest BCUT2D eigenvalue weighted by Gasteiger charge is 2.15. The quantitative estimate of drug-likeness (QED) is 0.648. The Bertz CT molecular complexity index is 647. The molecule has 0 aliphatic heterocycles. The summed E-state index contributed by atoms with van der Waals surface area (Å²) in [4.78, 5) is 11.9. The molecule has 2 aromatic rings. The maximum atomic E-state index is 13.3. The van der Waals surface area contributed by atoms with Crippen LogP contribution in [-0.4, -0.2) is 11.0 Å². The van der Waals surface area contributed by atoms with Crippen molar-refractivity contribution in [1.29, 1.82) is 0 Å². The van der Waals surface area contributed by atoms with E-state index >= 15 is 0 Å². The number of nitrogens with one attached hydrogen (secondary N) is 1. The van der Waals surface area contributed by atoms with Crippen LogP contribution in [0.1, 0.15) is 10.4 Å². The Balaban J connectivity index is 2.31. The van der Waals surface area contributed by atoms with E-state index in [2.05, 4.69) is 5.32 Å². The number of carbonyl (C=O) groups excluding carboxylic acids is 1. The number of rotatable bonds is 2. The number of phenolic OH excluding ortho intramolecular Hbond substituents is 1. The molecular formula is C13H8Cl2FNO2. The number of halogens is 3. The number of amides is 1. The van der Waals surface area contributed by atoms with Crippen molar-refractivity contribution in [3.8, 4) is 5.75 Å². The number of carbonyl (C=O) groups is 1. The van der Waals surface area contributed by atoms with Crippen molar-refractivity contribution in [3.05, 3.63) is 57.8 Å². The molecule has 2 N–H and O–H groups in total. The number of phenols is 1. The summed E-state index contributed by atoms with van der Waals surface area (Å²) in [6.07, 6.45) is 0. The summed E-state index contributed by atoms with van der Waals surface area (Å²) in [7, 11) is 0. The molecule has 0 saturated heterocycles. The normalized spacial score (nSPS) is 10.3. The van der Waals surface area contributed by atoms with Crippen molar-refractivity contribution in [3.63, 3.8) is 0 Å². The van der Waals surface area contributed by atoms with E-state index in [1.807, 2.05) is 0 Å². The van der Waals surface area contributed by atoms with Gasteiger partial charge in [0.15, 0.2) is 0 Å². The van der Waals surface area contributed by atoms with Crippen molar-refractivity contribution in [1.82, 2.24) is 0 Å². The molecule has 6 heteroatoms. The number of aromatic hydroxyl groups is 1. The smallest absolute Gasteiger partial charge is 0.257 e. The van der Waals surface area contributed by atoms with E-state index in [1.165, 1.54) is 12.1 Å². The van der Waals surface area contributed by atoms with Crippen molar-refractivity contribution in [2.45, 2.75) is 0 Å². The van der Waals surface area contributed by atoms with Crippen LogP contribution in [0, 0.1) is 5.82 Å². The van der Waals surface area contributed by atoms with Crippen LogP contribution < -0.4 is 5.32 Å². The Labute approximate surface area is 118 Å². The van der Waals surface area contributed by atoms with Crippen LogP contribution in [0.5, 0.6) is 5.75 Å². The molecule has 0 aliphatic carbocycles. The molecule has 0 aliphatic rings. The summed E-state index contributed by atoms with van der Waals surface area (Å²) >= 11 is 11.4. The van der Waals surface area contributed by atoms with E-state index < -0.39 is 11.7 Å². The molecule has 0 bridgehead atoms. The van der Waals surface area contributed by atoms with Crippen LogP contribution in [0.4, 0.5) is 10.1 Å². The Morgan fingerprint density at radius 2 is 1.84 bits per heavy atom. The molecule has 0 atom stereocenters. The van der Waals surface area contributed by atoms with Gasteiger partial charge in [0.25, 0.3) is 5.91 Å². The van der Waals surface area contributed by atoms with E-state index in [4.69, 9.17) is 23.2 Å². The fourth-order valence-corrected chi connectivity index (χ4v) is 1.93. The highest BCUT2D eigenvalue weighted by Crippen LogP contribution is 2.27. The van der Waals surface area contributed by atoms with Gasteiger partial charge in [-0.3, -0.25) is 4.79 Å². The van der Waals surface area contributed by atoms with Crippen LogP contribution in [0.3, 0.4) is 0 Å². The summed E-state index contributed by atoms with van der Waals surface area (Å²) in [5, 5.41) is 11.8. The lowest BCUT2D eigenvalue weighted by molar-refractivity contribution is 0.102. The van der Waals surface area contributed by atoms with E-state index in [1.54, 1.807) is 12.1 Å². The van der Waals surface area contributed by atoms with Crippen LogP contribution in [-0.2, 0) is 0 Å². The molecular weight excluding hydrogens is 292 g/mol. The third-order valence-electron chi connectivity index (χ3n) is 2.41. The summed E-state index contributed by atoms with van der Waals surface area (Å²) in [6.45, 7) is 0. The Morgan fingerprint density at radius 1 is 1.16 bits per heavy atom. The van der Waals surface area contributed by atoms with E-state index in [-0.39, 0.29) is 27.0 Å². The van der Waals surface area contributed by atoms with Gasteiger partial charge < -0.3 is 10.4 Å². The molecule has 0 saturated carbocycles. The second-order valence-corrected chi connectivity index (χ2v) is 4.53. The molecule has 19 heavy (non-hydrogen) atoms. The Hall–Kier alpha value is -1.78. The summed E-state index contributed by atoms with van der Waals surface area (Å²) in [6, 6.07) is 8.27. The Kier molecular flexibility index (Phi) is 3.93. The SMILES string of the molecule is O=C(Nc1ccccc1O)c1cc(F)c(Cl)cc1Cl. The van der Waals surface area contributed by atoms with Gasteiger partial charge in [-0.05, 0) is 24.3 Å². The van der Waals surface area contributed by atoms with Crippen molar-refractivity contribution in [2.24, 2.45) is 0 Å². The average molecular weight is 300 g/mol. The average Bonchev–Trinajstić information content (AvgIpc) is 2.36. The predicted octanol–water partition coefficient (Wildman–Crippen LogP) is 4.09. The Morgan fingerprint density at radius 3 is 2.53 bits per heavy atom. The summed E-state index contributed by atoms with van der Waals surface area (Å²) in [5.41, 5.74) is 0.144. The van der Waals surface area contributed by atoms with Gasteiger partial charge in [0.1, 0.15) is 11.6 Å². The number of anilines is 1. The molecule has 3 nitrogen and oxygen atoms in total. The molecule has 2 rings (SSSR count). The molecule has 1 amide bonds. The van der Waals surface area contributed by atoms with Gasteiger partial charge in [0.2, 0.25) is 0 Å². The fourth-order valence-electron chi connectivity index (χ4n) is 1.47. The molecule has 0 heterocycles. The summed E-state index contributed by atoms with van der Waals surface area (Å²) < 4.78 is 13.3. The first-order valence-corrected chi connectivity index (χ1v) is 5.98. The minimum Gasteiger partial charge on any atom is -0.506 e. The van der Waals surface area contributed by atoms with Gasteiger partial charge in [-0.1, -0.05) is 35.3 Å². The van der Waals surface area contributed by atoms with Crippen LogP contribution in [0.15, 0.2) is 36.4 Å². The lowest BCUT2D eigenvalue weighted by Gasteiger charge is -2.08. The first-order chi connectivity index (χ1) is 8.99. The lowest BCUT2D eigenvalue weighted by atomic mass is 10.2. The van der Waals surface area contributed by atoms with Crippen molar-refractivity contribution >= 4 is 34.8 Å². The van der Waals surface area contributed by atoms with Crippen LogP contribution in [0.25, 0.3) is 0 Å². The monoisotopic (exact) mass is 299 g/mol. The van der Waals surface area contributed by atoms with Crippen molar-refractivity contribution < 1.29 is 14.3 Å². The first-order valence-electron chi connectivity index (χ1n) is 5.23. The maximum absolute atomic E-state index is 13.3. The molecule has 2 aromatic carbocycles. The second kappa shape index (κ2) is 5.47. The van der Waals surface area contributed by atoms with Gasteiger partial charge in [-0.25, -0.2) is 4.39 Å². The maximum Gasteiger partial charge on any atom is 0.257 e. The molecule has 98 valence electrons. The highest BCUT2D eigenvalue weighted by atomic mass is 35.5. The zero-order chi connectivity index (χ0) is 14.0. The van der Waals surface area contributed by atoms with Gasteiger partial charge in [0, 0.05) is 0 Å². The lowest BCUT2D eigenvalue weighted by Crippen LogP contribution is -2.13. The van der Waals surface area contributed by atoms with E-state index in [9.17, 15) is 14.3 Å². The minimum absolute atomic E-state index is 0.0271. The number of benzene rings is 2. The predicted molar refractivity (Wildman–Crippen MR) is 72.5 cm³/mol. The topological polar surface area (TPSA) is 49.3 Å². The van der Waals surface area contributed by atoms with Crippen LogP contribution >= 0.6 is 23.2 Å². The van der Waals surface area contributed by atoms with Gasteiger partial charge in [0.05, 0.1) is 21.3 Å². The van der Waals surface area contributed by atoms with Crippen LogP contribution in [0.2, 0.25) is 10.0 Å². The second-order valence-electron chi connectivity index (χ2n) is 3.72. The standard InChI is InChI=1S/C13H8Cl2FNO2/c14-8-6-9(15)10(16)5-7(8)13(19)17-11-3-1-2-4-12(11)18/h1-6,18H,(H,17,19). The van der Waals surface area contributed by atoms with Gasteiger partial charge >= 0.3 is 0 Å². The minimum atomic E-state index is -0.742. The molecule has 0 aromatic heterocycles. The van der Waals surface area contributed by atoms with Crippen molar-refractivity contribution in [2.75, 3.05) is 5.32 Å². The fraction of sp³-hybridized carbons (Fsp3) is 0. The molecule has 0 spiro atoms. The molecule has 0 radical (unpaired) electrons.